The summed E-state index contributed by atoms with van der Waals surface area (Å²) < 4.78 is 5.56. The summed E-state index contributed by atoms with van der Waals surface area (Å²) in [6.07, 6.45) is 0.320. The van der Waals surface area contributed by atoms with Crippen molar-refractivity contribution in [3.63, 3.8) is 0 Å². The zero-order valence-corrected chi connectivity index (χ0v) is 16.3. The molecule has 0 saturated heterocycles. The summed E-state index contributed by atoms with van der Waals surface area (Å²) in [4.78, 5) is 14.4. The highest BCUT2D eigenvalue weighted by Gasteiger charge is 2.08. The van der Waals surface area contributed by atoms with Crippen molar-refractivity contribution in [2.24, 2.45) is 0 Å². The molecular weight excluding hydrogens is 348 g/mol. The largest absolute Gasteiger partial charge is 0.493 e. The van der Waals surface area contributed by atoms with Gasteiger partial charge in [-0.15, -0.1) is 0 Å². The summed E-state index contributed by atoms with van der Waals surface area (Å²) in [7, 11) is 0. The Balaban J connectivity index is 1.79. The van der Waals surface area contributed by atoms with E-state index < -0.39 is 0 Å². The molecule has 0 atom stereocenters. The van der Waals surface area contributed by atoms with Gasteiger partial charge in [-0.1, -0.05) is 49.7 Å². The number of hydrogen-bond acceptors (Lipinski definition) is 3. The minimum absolute atomic E-state index is 0.0170. The molecule has 26 heavy (non-hydrogen) atoms. The van der Waals surface area contributed by atoms with Crippen molar-refractivity contribution >= 4 is 17.5 Å². The van der Waals surface area contributed by atoms with E-state index in [-0.39, 0.29) is 5.91 Å². The van der Waals surface area contributed by atoms with Crippen molar-refractivity contribution in [2.45, 2.75) is 33.4 Å². The minimum atomic E-state index is -0.0170. The first-order chi connectivity index (χ1) is 12.6. The monoisotopic (exact) mass is 374 g/mol. The maximum Gasteiger partial charge on any atom is 0.223 e. The van der Waals surface area contributed by atoms with Crippen LogP contribution in [0, 0.1) is 0 Å². The number of amides is 1. The van der Waals surface area contributed by atoms with E-state index in [1.807, 2.05) is 12.1 Å². The standard InChI is InChI=1S/C21H27ClN2O2/c1-3-24(4-2)16-18-8-6-5-7-17(18)15-23-21(25)13-14-26-20-11-9-19(22)10-12-20/h5-12H,3-4,13-16H2,1-2H3,(H,23,25). The molecule has 0 aliphatic carbocycles. The average Bonchev–Trinajstić information content (AvgIpc) is 2.66. The number of benzene rings is 2. The van der Waals surface area contributed by atoms with Crippen molar-refractivity contribution in [1.82, 2.24) is 10.2 Å². The third kappa shape index (κ3) is 6.70. The van der Waals surface area contributed by atoms with E-state index in [1.54, 1.807) is 24.3 Å². The van der Waals surface area contributed by atoms with Gasteiger partial charge in [0.2, 0.25) is 5.91 Å². The molecule has 0 radical (unpaired) electrons. The van der Waals surface area contributed by atoms with Crippen LogP contribution in [-0.2, 0) is 17.9 Å². The van der Waals surface area contributed by atoms with Crippen LogP contribution in [0.2, 0.25) is 5.02 Å². The molecule has 4 nitrogen and oxygen atoms in total. The zero-order valence-electron chi connectivity index (χ0n) is 15.5. The Hall–Kier alpha value is -2.04. The number of ether oxygens (including phenoxy) is 1. The van der Waals surface area contributed by atoms with Gasteiger partial charge in [-0.3, -0.25) is 9.69 Å². The van der Waals surface area contributed by atoms with Crippen molar-refractivity contribution in [3.05, 3.63) is 64.7 Å². The maximum absolute atomic E-state index is 12.1. The summed E-state index contributed by atoms with van der Waals surface area (Å²) >= 11 is 5.84. The van der Waals surface area contributed by atoms with Gasteiger partial charge < -0.3 is 10.1 Å². The van der Waals surface area contributed by atoms with E-state index in [0.29, 0.717) is 30.3 Å². The van der Waals surface area contributed by atoms with Crippen molar-refractivity contribution in [1.29, 1.82) is 0 Å². The molecule has 1 N–H and O–H groups in total. The van der Waals surface area contributed by atoms with E-state index in [0.717, 1.165) is 25.2 Å². The Kier molecular flexibility index (Phi) is 8.45. The number of carbonyl (C=O) groups is 1. The summed E-state index contributed by atoms with van der Waals surface area (Å²) in [5.41, 5.74) is 2.42. The van der Waals surface area contributed by atoms with Gasteiger partial charge in [0.1, 0.15) is 5.75 Å². The van der Waals surface area contributed by atoms with Crippen LogP contribution in [0.5, 0.6) is 5.75 Å². The highest BCUT2D eigenvalue weighted by molar-refractivity contribution is 6.30. The molecule has 0 fully saturated rings. The molecule has 2 aromatic carbocycles. The lowest BCUT2D eigenvalue weighted by molar-refractivity contribution is -0.121. The van der Waals surface area contributed by atoms with Gasteiger partial charge >= 0.3 is 0 Å². The Labute approximate surface area is 161 Å². The number of nitrogens with zero attached hydrogens (tertiary/aromatic N) is 1. The van der Waals surface area contributed by atoms with Crippen LogP contribution in [0.4, 0.5) is 0 Å². The van der Waals surface area contributed by atoms with Gasteiger partial charge in [-0.2, -0.15) is 0 Å². The number of carbonyl (C=O) groups excluding carboxylic acids is 1. The predicted molar refractivity (Wildman–Crippen MR) is 106 cm³/mol. The molecule has 2 rings (SSSR count). The highest BCUT2D eigenvalue weighted by atomic mass is 35.5. The van der Waals surface area contributed by atoms with Crippen LogP contribution in [0.15, 0.2) is 48.5 Å². The van der Waals surface area contributed by atoms with E-state index in [2.05, 4.69) is 36.2 Å². The molecule has 0 unspecified atom stereocenters. The number of nitrogens with one attached hydrogen (secondary N) is 1. The van der Waals surface area contributed by atoms with Gasteiger partial charge in [0.05, 0.1) is 13.0 Å². The van der Waals surface area contributed by atoms with E-state index in [4.69, 9.17) is 16.3 Å². The fourth-order valence-corrected chi connectivity index (χ4v) is 2.77. The third-order valence-corrected chi connectivity index (χ3v) is 4.55. The molecule has 1 amide bonds. The molecule has 0 saturated carbocycles. The SMILES string of the molecule is CCN(CC)Cc1ccccc1CNC(=O)CCOc1ccc(Cl)cc1. The molecule has 140 valence electrons. The van der Waals surface area contributed by atoms with Crippen LogP contribution < -0.4 is 10.1 Å². The van der Waals surface area contributed by atoms with Gasteiger partial charge in [-0.25, -0.2) is 0 Å². The maximum atomic E-state index is 12.1. The third-order valence-electron chi connectivity index (χ3n) is 4.29. The van der Waals surface area contributed by atoms with Gasteiger partial charge in [-0.05, 0) is 48.5 Å². The molecule has 0 aromatic heterocycles. The summed E-state index contributed by atoms with van der Waals surface area (Å²) in [6.45, 7) is 8.13. The molecule has 0 aliphatic heterocycles. The summed E-state index contributed by atoms with van der Waals surface area (Å²) in [5, 5.41) is 3.65. The molecule has 0 heterocycles. The van der Waals surface area contributed by atoms with Crippen LogP contribution in [0.1, 0.15) is 31.4 Å². The fraction of sp³-hybridized carbons (Fsp3) is 0.381. The molecule has 2 aromatic rings. The summed E-state index contributed by atoms with van der Waals surface area (Å²) in [5.74, 6) is 0.698. The molecule has 0 spiro atoms. The van der Waals surface area contributed by atoms with Crippen LogP contribution in [-0.4, -0.2) is 30.5 Å². The van der Waals surface area contributed by atoms with Crippen LogP contribution in [0.25, 0.3) is 0 Å². The lowest BCUT2D eigenvalue weighted by atomic mass is 10.1. The average molecular weight is 375 g/mol. The highest BCUT2D eigenvalue weighted by Crippen LogP contribution is 2.15. The quantitative estimate of drug-likeness (QED) is 0.675. The molecule has 5 heteroatoms. The normalized spacial score (nSPS) is 10.8. The number of hydrogen-bond donors (Lipinski definition) is 1. The Morgan fingerprint density at radius 3 is 2.35 bits per heavy atom. The van der Waals surface area contributed by atoms with Crippen LogP contribution >= 0.6 is 11.6 Å². The van der Waals surface area contributed by atoms with Crippen molar-refractivity contribution in [2.75, 3.05) is 19.7 Å². The fourth-order valence-electron chi connectivity index (χ4n) is 2.65. The second-order valence-electron chi connectivity index (χ2n) is 6.06. The van der Waals surface area contributed by atoms with Crippen molar-refractivity contribution < 1.29 is 9.53 Å². The first kappa shape index (κ1) is 20.3. The van der Waals surface area contributed by atoms with Gasteiger partial charge in [0, 0.05) is 18.1 Å². The molecule has 0 bridgehead atoms. The topological polar surface area (TPSA) is 41.6 Å². The minimum Gasteiger partial charge on any atom is -0.493 e. The molecular formula is C21H27ClN2O2. The number of rotatable bonds is 10. The van der Waals surface area contributed by atoms with Gasteiger partial charge in [0.15, 0.2) is 0 Å². The Morgan fingerprint density at radius 2 is 1.69 bits per heavy atom. The first-order valence-electron chi connectivity index (χ1n) is 9.06. The van der Waals surface area contributed by atoms with E-state index >= 15 is 0 Å². The van der Waals surface area contributed by atoms with Crippen LogP contribution in [0.3, 0.4) is 0 Å². The Morgan fingerprint density at radius 1 is 1.04 bits per heavy atom. The van der Waals surface area contributed by atoms with Crippen molar-refractivity contribution in [3.8, 4) is 5.75 Å². The second-order valence-corrected chi connectivity index (χ2v) is 6.50. The lowest BCUT2D eigenvalue weighted by Gasteiger charge is -2.20. The first-order valence-corrected chi connectivity index (χ1v) is 9.44. The Bertz CT molecular complexity index is 685. The zero-order chi connectivity index (χ0) is 18.8. The summed E-state index contributed by atoms with van der Waals surface area (Å²) in [6, 6.07) is 15.4. The molecule has 0 aliphatic rings. The van der Waals surface area contributed by atoms with E-state index in [9.17, 15) is 4.79 Å². The second kappa shape index (κ2) is 10.8. The lowest BCUT2D eigenvalue weighted by Crippen LogP contribution is -2.26. The smallest absolute Gasteiger partial charge is 0.223 e. The predicted octanol–water partition coefficient (Wildman–Crippen LogP) is 4.27. The van der Waals surface area contributed by atoms with E-state index in [1.165, 1.54) is 5.56 Å². The van der Waals surface area contributed by atoms with Gasteiger partial charge in [0.25, 0.3) is 0 Å². The number of halogens is 1.